The molecule has 0 saturated carbocycles. The molecule has 1 amide bonds. The predicted octanol–water partition coefficient (Wildman–Crippen LogP) is 3.63. The van der Waals surface area contributed by atoms with E-state index < -0.39 is 5.60 Å². The Morgan fingerprint density at radius 1 is 1.32 bits per heavy atom. The van der Waals surface area contributed by atoms with Crippen LogP contribution in [0.3, 0.4) is 0 Å². The van der Waals surface area contributed by atoms with Crippen molar-refractivity contribution in [2.24, 2.45) is 0 Å². The second-order valence-corrected chi connectivity index (χ2v) is 6.16. The summed E-state index contributed by atoms with van der Waals surface area (Å²) in [5.41, 5.74) is 0.861. The van der Waals surface area contributed by atoms with Crippen LogP contribution in [-0.2, 0) is 11.2 Å². The van der Waals surface area contributed by atoms with Gasteiger partial charge in [-0.05, 0) is 45.6 Å². The normalized spacial score (nSPS) is 19.5. The lowest BCUT2D eigenvalue weighted by Crippen LogP contribution is -2.40. The van der Waals surface area contributed by atoms with Crippen molar-refractivity contribution in [2.45, 2.75) is 51.7 Å². The summed E-state index contributed by atoms with van der Waals surface area (Å²) in [6.07, 6.45) is 2.87. The van der Waals surface area contributed by atoms with Crippen molar-refractivity contribution >= 4 is 6.09 Å². The van der Waals surface area contributed by atoms with Crippen molar-refractivity contribution in [3.8, 4) is 0 Å². The highest BCUT2D eigenvalue weighted by Gasteiger charge is 2.31. The molecule has 0 N–H and O–H groups in total. The number of carbonyl (C=O) groups is 1. The van der Waals surface area contributed by atoms with E-state index in [0.717, 1.165) is 25.8 Å². The smallest absolute Gasteiger partial charge is 0.410 e. The fraction of sp³-hybridized carbons (Fsp3) is 0.562. The first-order valence-electron chi connectivity index (χ1n) is 6.99. The summed E-state index contributed by atoms with van der Waals surface area (Å²) in [7, 11) is 0. The molecule has 0 aromatic heterocycles. The van der Waals surface area contributed by atoms with E-state index in [1.54, 1.807) is 0 Å². The lowest BCUT2D eigenvalue weighted by Gasteiger charge is -2.28. The van der Waals surface area contributed by atoms with Crippen molar-refractivity contribution in [1.29, 1.82) is 0 Å². The van der Waals surface area contributed by atoms with E-state index in [-0.39, 0.29) is 12.1 Å². The van der Waals surface area contributed by atoms with Gasteiger partial charge in [-0.2, -0.15) is 0 Å². The van der Waals surface area contributed by atoms with Gasteiger partial charge in [0, 0.05) is 12.6 Å². The summed E-state index contributed by atoms with van der Waals surface area (Å²) < 4.78 is 5.48. The number of ether oxygens (including phenoxy) is 1. The third-order valence-corrected chi connectivity index (χ3v) is 3.32. The Kier molecular flexibility index (Phi) is 4.13. The third-order valence-electron chi connectivity index (χ3n) is 3.32. The third kappa shape index (κ3) is 3.98. The van der Waals surface area contributed by atoms with Gasteiger partial charge in [0.25, 0.3) is 0 Å². The Bertz CT molecular complexity index is 422. The van der Waals surface area contributed by atoms with Crippen LogP contribution in [0.5, 0.6) is 0 Å². The standard InChI is InChI=1S/C16H23NO2/c1-16(2,3)19-15(18)17-11-7-10-14(17)12-13-8-5-4-6-9-13/h4-6,8-9,14H,7,10-12H2,1-3H3/t14-/m1/s1. The Morgan fingerprint density at radius 2 is 2.00 bits per heavy atom. The van der Waals surface area contributed by atoms with Crippen molar-refractivity contribution < 1.29 is 9.53 Å². The molecule has 1 saturated heterocycles. The summed E-state index contributed by atoms with van der Waals surface area (Å²) in [4.78, 5) is 14.1. The monoisotopic (exact) mass is 261 g/mol. The summed E-state index contributed by atoms with van der Waals surface area (Å²) in [6, 6.07) is 10.6. The number of amides is 1. The molecule has 0 bridgehead atoms. The first-order chi connectivity index (χ1) is 8.96. The predicted molar refractivity (Wildman–Crippen MR) is 76.1 cm³/mol. The number of hydrogen-bond acceptors (Lipinski definition) is 2. The van der Waals surface area contributed by atoms with Crippen LogP contribution in [0, 0.1) is 0 Å². The molecule has 0 spiro atoms. The molecule has 0 unspecified atom stereocenters. The quantitative estimate of drug-likeness (QED) is 0.813. The second kappa shape index (κ2) is 5.64. The highest BCUT2D eigenvalue weighted by atomic mass is 16.6. The zero-order valence-corrected chi connectivity index (χ0v) is 12.1. The fourth-order valence-corrected chi connectivity index (χ4v) is 2.50. The Balaban J connectivity index is 1.99. The molecule has 2 rings (SSSR count). The lowest BCUT2D eigenvalue weighted by molar-refractivity contribution is 0.0227. The molecule has 3 nitrogen and oxygen atoms in total. The van der Waals surface area contributed by atoms with E-state index >= 15 is 0 Å². The van der Waals surface area contributed by atoms with Crippen LogP contribution in [-0.4, -0.2) is 29.2 Å². The topological polar surface area (TPSA) is 29.5 Å². The molecule has 0 radical (unpaired) electrons. The number of carbonyl (C=O) groups excluding carboxylic acids is 1. The summed E-state index contributed by atoms with van der Waals surface area (Å²) in [5.74, 6) is 0. The van der Waals surface area contributed by atoms with Crippen LogP contribution in [0.4, 0.5) is 4.79 Å². The number of rotatable bonds is 2. The maximum atomic E-state index is 12.2. The molecule has 1 aliphatic rings. The van der Waals surface area contributed by atoms with Crippen molar-refractivity contribution in [2.75, 3.05) is 6.54 Å². The van der Waals surface area contributed by atoms with E-state index in [1.165, 1.54) is 5.56 Å². The van der Waals surface area contributed by atoms with Crippen molar-refractivity contribution in [3.63, 3.8) is 0 Å². The molecule has 1 fully saturated rings. The van der Waals surface area contributed by atoms with E-state index in [9.17, 15) is 4.79 Å². The molecule has 104 valence electrons. The second-order valence-electron chi connectivity index (χ2n) is 6.16. The average Bonchev–Trinajstić information content (AvgIpc) is 2.76. The summed E-state index contributed by atoms with van der Waals surface area (Å²) >= 11 is 0. The molecule has 1 heterocycles. The van der Waals surface area contributed by atoms with Crippen LogP contribution in [0.15, 0.2) is 30.3 Å². The van der Waals surface area contributed by atoms with Gasteiger partial charge in [-0.15, -0.1) is 0 Å². The zero-order chi connectivity index (χ0) is 13.9. The van der Waals surface area contributed by atoms with Crippen LogP contribution in [0.1, 0.15) is 39.2 Å². The van der Waals surface area contributed by atoms with Crippen LogP contribution in [0.25, 0.3) is 0 Å². The number of benzene rings is 1. The number of nitrogens with zero attached hydrogens (tertiary/aromatic N) is 1. The first kappa shape index (κ1) is 13.9. The minimum absolute atomic E-state index is 0.175. The first-order valence-corrected chi connectivity index (χ1v) is 6.99. The van der Waals surface area contributed by atoms with E-state index in [4.69, 9.17) is 4.74 Å². The van der Waals surface area contributed by atoms with Gasteiger partial charge < -0.3 is 9.64 Å². The molecule has 1 aliphatic heterocycles. The number of hydrogen-bond donors (Lipinski definition) is 0. The molecule has 19 heavy (non-hydrogen) atoms. The van der Waals surface area contributed by atoms with Crippen LogP contribution < -0.4 is 0 Å². The zero-order valence-electron chi connectivity index (χ0n) is 12.1. The van der Waals surface area contributed by atoms with E-state index in [1.807, 2.05) is 43.9 Å². The van der Waals surface area contributed by atoms with Gasteiger partial charge in [0.1, 0.15) is 5.60 Å². The van der Waals surface area contributed by atoms with Gasteiger partial charge in [0.15, 0.2) is 0 Å². The molecule has 1 aromatic rings. The SMILES string of the molecule is CC(C)(C)OC(=O)N1CCC[C@@H]1Cc1ccccc1. The molecule has 0 aliphatic carbocycles. The van der Waals surface area contributed by atoms with Gasteiger partial charge in [-0.1, -0.05) is 30.3 Å². The van der Waals surface area contributed by atoms with E-state index in [2.05, 4.69) is 12.1 Å². The van der Waals surface area contributed by atoms with Crippen LogP contribution >= 0.6 is 0 Å². The minimum Gasteiger partial charge on any atom is -0.444 e. The highest BCUT2D eigenvalue weighted by Crippen LogP contribution is 2.23. The van der Waals surface area contributed by atoms with Gasteiger partial charge in [-0.25, -0.2) is 4.79 Å². The van der Waals surface area contributed by atoms with Crippen LogP contribution in [0.2, 0.25) is 0 Å². The summed E-state index contributed by atoms with van der Waals surface area (Å²) in [5, 5.41) is 0. The molecular formula is C16H23NO2. The number of likely N-dealkylation sites (tertiary alicyclic amines) is 1. The average molecular weight is 261 g/mol. The minimum atomic E-state index is -0.420. The Morgan fingerprint density at radius 3 is 2.63 bits per heavy atom. The maximum Gasteiger partial charge on any atom is 0.410 e. The van der Waals surface area contributed by atoms with E-state index in [0.29, 0.717) is 0 Å². The van der Waals surface area contributed by atoms with Gasteiger partial charge in [-0.3, -0.25) is 0 Å². The molecule has 1 atom stereocenters. The van der Waals surface area contributed by atoms with Crippen molar-refractivity contribution in [1.82, 2.24) is 4.90 Å². The highest BCUT2D eigenvalue weighted by molar-refractivity contribution is 5.69. The molecular weight excluding hydrogens is 238 g/mol. The summed E-state index contributed by atoms with van der Waals surface area (Å²) in [6.45, 7) is 6.54. The molecule has 3 heteroatoms. The van der Waals surface area contributed by atoms with Gasteiger partial charge in [0.05, 0.1) is 0 Å². The largest absolute Gasteiger partial charge is 0.444 e. The van der Waals surface area contributed by atoms with Crippen molar-refractivity contribution in [3.05, 3.63) is 35.9 Å². The van der Waals surface area contributed by atoms with Gasteiger partial charge >= 0.3 is 6.09 Å². The Labute approximate surface area is 115 Å². The lowest BCUT2D eigenvalue weighted by atomic mass is 10.0. The Hall–Kier alpha value is -1.51. The fourth-order valence-electron chi connectivity index (χ4n) is 2.50. The molecule has 1 aromatic carbocycles. The maximum absolute atomic E-state index is 12.2. The van der Waals surface area contributed by atoms with Gasteiger partial charge in [0.2, 0.25) is 0 Å².